The van der Waals surface area contributed by atoms with Crippen LogP contribution in [0.15, 0.2) is 0 Å². The molecule has 1 heterocycles. The number of rotatable bonds is 3. The van der Waals surface area contributed by atoms with Crippen molar-refractivity contribution in [2.45, 2.75) is 52.2 Å². The molecule has 0 amide bonds. The van der Waals surface area contributed by atoms with Gasteiger partial charge in [-0.15, -0.1) is 0 Å². The molecule has 0 radical (unpaired) electrons. The van der Waals surface area contributed by atoms with Gasteiger partial charge in [-0.05, 0) is 50.0 Å². The normalized spacial score (nSPS) is 45.3. The lowest BCUT2D eigenvalue weighted by molar-refractivity contribution is 0.0150. The van der Waals surface area contributed by atoms with Crippen LogP contribution in [0.2, 0.25) is 0 Å². The Kier molecular flexibility index (Phi) is 5.27. The molecule has 0 aromatic carbocycles. The molecular formula is C16H32N2O. The van der Waals surface area contributed by atoms with Gasteiger partial charge in [0.2, 0.25) is 0 Å². The van der Waals surface area contributed by atoms with Crippen molar-refractivity contribution >= 4 is 0 Å². The molecule has 0 spiro atoms. The van der Waals surface area contributed by atoms with Gasteiger partial charge in [0.1, 0.15) is 0 Å². The van der Waals surface area contributed by atoms with Crippen molar-refractivity contribution in [1.29, 1.82) is 0 Å². The number of nitrogens with one attached hydrogen (secondary N) is 1. The Morgan fingerprint density at radius 3 is 2.53 bits per heavy atom. The summed E-state index contributed by atoms with van der Waals surface area (Å²) in [6.45, 7) is 10.3. The van der Waals surface area contributed by atoms with Crippen LogP contribution >= 0.6 is 0 Å². The SMILES string of the molecule is CNC1CC(C)CC(C)C1CN1CCC(O)C(C)C1. The first-order chi connectivity index (χ1) is 9.01. The monoisotopic (exact) mass is 268 g/mol. The molecule has 19 heavy (non-hydrogen) atoms. The van der Waals surface area contributed by atoms with Crippen molar-refractivity contribution in [2.75, 3.05) is 26.7 Å². The highest BCUT2D eigenvalue weighted by Gasteiger charge is 2.35. The van der Waals surface area contributed by atoms with Crippen LogP contribution in [0.4, 0.5) is 0 Å². The minimum atomic E-state index is -0.0832. The van der Waals surface area contributed by atoms with Crippen molar-refractivity contribution in [3.63, 3.8) is 0 Å². The number of piperidine rings is 1. The number of aliphatic hydroxyl groups excluding tert-OH is 1. The Morgan fingerprint density at radius 2 is 1.89 bits per heavy atom. The number of aliphatic hydroxyl groups is 1. The third-order valence-corrected chi connectivity index (χ3v) is 5.46. The van der Waals surface area contributed by atoms with Crippen molar-refractivity contribution in [3.8, 4) is 0 Å². The van der Waals surface area contributed by atoms with Crippen LogP contribution < -0.4 is 5.32 Å². The van der Waals surface area contributed by atoms with Crippen LogP contribution in [0.5, 0.6) is 0 Å². The molecule has 1 saturated carbocycles. The van der Waals surface area contributed by atoms with Crippen LogP contribution in [0.3, 0.4) is 0 Å². The summed E-state index contributed by atoms with van der Waals surface area (Å²) < 4.78 is 0. The summed E-state index contributed by atoms with van der Waals surface area (Å²) in [6.07, 6.45) is 3.55. The minimum absolute atomic E-state index is 0.0832. The van der Waals surface area contributed by atoms with Crippen LogP contribution in [0.25, 0.3) is 0 Å². The van der Waals surface area contributed by atoms with Crippen molar-refractivity contribution < 1.29 is 5.11 Å². The predicted molar refractivity (Wildman–Crippen MR) is 80.1 cm³/mol. The molecule has 3 heteroatoms. The lowest BCUT2D eigenvalue weighted by atomic mass is 9.72. The van der Waals surface area contributed by atoms with Gasteiger partial charge >= 0.3 is 0 Å². The first-order valence-electron chi connectivity index (χ1n) is 8.09. The summed E-state index contributed by atoms with van der Waals surface area (Å²) in [7, 11) is 2.12. The molecule has 1 aliphatic heterocycles. The molecule has 112 valence electrons. The average Bonchev–Trinajstić information content (AvgIpc) is 2.36. The lowest BCUT2D eigenvalue weighted by Gasteiger charge is -2.44. The quantitative estimate of drug-likeness (QED) is 0.821. The van der Waals surface area contributed by atoms with E-state index in [9.17, 15) is 5.11 Å². The van der Waals surface area contributed by atoms with Gasteiger partial charge in [0.25, 0.3) is 0 Å². The predicted octanol–water partition coefficient (Wildman–Crippen LogP) is 1.96. The summed E-state index contributed by atoms with van der Waals surface area (Å²) in [5.41, 5.74) is 0. The third-order valence-electron chi connectivity index (χ3n) is 5.46. The highest BCUT2D eigenvalue weighted by Crippen LogP contribution is 2.34. The van der Waals surface area contributed by atoms with Crippen LogP contribution in [0.1, 0.15) is 40.0 Å². The fourth-order valence-electron chi connectivity index (χ4n) is 4.23. The third kappa shape index (κ3) is 3.71. The Bertz CT molecular complexity index is 284. The molecule has 0 aromatic rings. The van der Waals surface area contributed by atoms with E-state index in [0.717, 1.165) is 37.3 Å². The van der Waals surface area contributed by atoms with E-state index < -0.39 is 0 Å². The molecule has 1 saturated heterocycles. The second-order valence-electron chi connectivity index (χ2n) is 7.21. The first-order valence-corrected chi connectivity index (χ1v) is 8.09. The largest absolute Gasteiger partial charge is 0.393 e. The van der Waals surface area contributed by atoms with E-state index in [1.54, 1.807) is 0 Å². The molecular weight excluding hydrogens is 236 g/mol. The summed E-state index contributed by atoms with van der Waals surface area (Å²) in [5, 5.41) is 13.4. The summed E-state index contributed by atoms with van der Waals surface area (Å²) in [5.74, 6) is 2.86. The van der Waals surface area contributed by atoms with Crippen molar-refractivity contribution in [1.82, 2.24) is 10.2 Å². The molecule has 3 nitrogen and oxygen atoms in total. The van der Waals surface area contributed by atoms with Crippen molar-refractivity contribution in [2.24, 2.45) is 23.7 Å². The van der Waals surface area contributed by atoms with Gasteiger partial charge in [-0.25, -0.2) is 0 Å². The first kappa shape index (κ1) is 15.3. The zero-order valence-corrected chi connectivity index (χ0v) is 13.1. The highest BCUT2D eigenvalue weighted by molar-refractivity contribution is 4.90. The molecule has 6 unspecified atom stereocenters. The summed E-state index contributed by atoms with van der Waals surface area (Å²) in [6, 6.07) is 0.668. The van der Waals surface area contributed by atoms with Gasteiger partial charge < -0.3 is 15.3 Å². The smallest absolute Gasteiger partial charge is 0.0590 e. The molecule has 0 aromatic heterocycles. The highest BCUT2D eigenvalue weighted by atomic mass is 16.3. The maximum absolute atomic E-state index is 9.85. The number of hydrogen-bond acceptors (Lipinski definition) is 3. The van der Waals surface area contributed by atoms with Crippen LogP contribution in [0, 0.1) is 23.7 Å². The number of nitrogens with zero attached hydrogens (tertiary/aromatic N) is 1. The second kappa shape index (κ2) is 6.55. The molecule has 2 rings (SSSR count). The van der Waals surface area contributed by atoms with E-state index in [1.165, 1.54) is 19.4 Å². The van der Waals surface area contributed by atoms with Gasteiger partial charge in [-0.3, -0.25) is 0 Å². The molecule has 0 bridgehead atoms. The van der Waals surface area contributed by atoms with E-state index in [-0.39, 0.29) is 6.10 Å². The zero-order chi connectivity index (χ0) is 14.0. The standard InChI is InChI=1S/C16H32N2O/c1-11-7-12(2)14(15(8-11)17-4)10-18-6-5-16(19)13(3)9-18/h11-17,19H,5-10H2,1-4H3. The van der Waals surface area contributed by atoms with Crippen molar-refractivity contribution in [3.05, 3.63) is 0 Å². The van der Waals surface area contributed by atoms with E-state index in [1.807, 2.05) is 0 Å². The molecule has 6 atom stereocenters. The van der Waals surface area contributed by atoms with E-state index in [2.05, 4.69) is 38.0 Å². The maximum atomic E-state index is 9.85. The van der Waals surface area contributed by atoms with Gasteiger partial charge in [0.05, 0.1) is 6.10 Å². The second-order valence-corrected chi connectivity index (χ2v) is 7.21. The average molecular weight is 268 g/mol. The van der Waals surface area contributed by atoms with Gasteiger partial charge in [-0.2, -0.15) is 0 Å². The summed E-state index contributed by atoms with van der Waals surface area (Å²) in [4.78, 5) is 2.58. The van der Waals surface area contributed by atoms with Gasteiger partial charge in [0.15, 0.2) is 0 Å². The molecule has 1 aliphatic carbocycles. The topological polar surface area (TPSA) is 35.5 Å². The fourth-order valence-corrected chi connectivity index (χ4v) is 4.23. The molecule has 2 fully saturated rings. The molecule has 2 aliphatic rings. The lowest BCUT2D eigenvalue weighted by Crippen LogP contribution is -2.51. The number of hydrogen-bond donors (Lipinski definition) is 2. The summed E-state index contributed by atoms with van der Waals surface area (Å²) >= 11 is 0. The Morgan fingerprint density at radius 1 is 1.16 bits per heavy atom. The maximum Gasteiger partial charge on any atom is 0.0590 e. The Labute approximate surface area is 118 Å². The fraction of sp³-hybridized carbons (Fsp3) is 1.00. The van der Waals surface area contributed by atoms with Crippen LogP contribution in [-0.2, 0) is 0 Å². The van der Waals surface area contributed by atoms with Gasteiger partial charge in [0, 0.05) is 25.7 Å². The van der Waals surface area contributed by atoms with Gasteiger partial charge in [-0.1, -0.05) is 20.8 Å². The van der Waals surface area contributed by atoms with Crippen LogP contribution in [-0.4, -0.2) is 48.8 Å². The molecule has 2 N–H and O–H groups in total. The van der Waals surface area contributed by atoms with E-state index >= 15 is 0 Å². The minimum Gasteiger partial charge on any atom is -0.393 e. The Hall–Kier alpha value is -0.120. The van der Waals surface area contributed by atoms with E-state index in [0.29, 0.717) is 12.0 Å². The van der Waals surface area contributed by atoms with E-state index in [4.69, 9.17) is 0 Å². The zero-order valence-electron chi connectivity index (χ0n) is 13.1. The Balaban J connectivity index is 1.93. The number of likely N-dealkylation sites (tertiary alicyclic amines) is 1.